The number of nitrogens with zero attached hydrogens (tertiary/aromatic N) is 1. The predicted molar refractivity (Wildman–Crippen MR) is 86.6 cm³/mol. The van der Waals surface area contributed by atoms with E-state index in [1.165, 1.54) is 0 Å². The number of amides is 1. The predicted octanol–water partition coefficient (Wildman–Crippen LogP) is 2.12. The number of methoxy groups -OCH3 is 3. The fraction of sp³-hybridized carbons (Fsp3) is 0.529. The lowest BCUT2D eigenvalue weighted by molar-refractivity contribution is -0.111. The quantitative estimate of drug-likeness (QED) is 0.613. The molecule has 23 heavy (non-hydrogen) atoms. The lowest BCUT2D eigenvalue weighted by Crippen LogP contribution is -2.36. The number of rotatable bonds is 5. The Bertz CT molecular complexity index is 484. The van der Waals surface area contributed by atoms with Crippen molar-refractivity contribution in [2.45, 2.75) is 32.1 Å². The molecule has 1 saturated heterocycles. The van der Waals surface area contributed by atoms with E-state index in [1.54, 1.807) is 50.5 Å². The molecule has 0 aliphatic carbocycles. The van der Waals surface area contributed by atoms with Crippen molar-refractivity contribution in [2.24, 2.45) is 0 Å². The molecule has 0 unspecified atom stereocenters. The van der Waals surface area contributed by atoms with Gasteiger partial charge in [-0.05, 0) is 44.0 Å². The highest BCUT2D eigenvalue weighted by molar-refractivity contribution is 5.96. The van der Waals surface area contributed by atoms with Crippen LogP contribution in [0.3, 0.4) is 0 Å². The van der Waals surface area contributed by atoms with Gasteiger partial charge in [0.25, 0.3) is 5.91 Å². The highest BCUT2D eigenvalue weighted by Gasteiger charge is 2.28. The third-order valence-electron chi connectivity index (χ3n) is 3.72. The van der Waals surface area contributed by atoms with Gasteiger partial charge in [0.1, 0.15) is 12.0 Å². The summed E-state index contributed by atoms with van der Waals surface area (Å²) in [5, 5.41) is 0. The molecule has 0 N–H and O–H groups in total. The lowest BCUT2D eigenvalue weighted by atomic mass is 10.1. The van der Waals surface area contributed by atoms with E-state index in [0.717, 1.165) is 24.9 Å². The van der Waals surface area contributed by atoms with E-state index in [9.17, 15) is 9.59 Å². The Morgan fingerprint density at radius 3 is 2.26 bits per heavy atom. The molecule has 128 valence electrons. The molecule has 1 aliphatic rings. The SMILES string of the molecule is COC(C)OC.COc1ccc(C(=O)N2CCC[C@H]2C=O)cc1. The summed E-state index contributed by atoms with van der Waals surface area (Å²) >= 11 is 0. The van der Waals surface area contributed by atoms with Gasteiger partial charge >= 0.3 is 0 Å². The summed E-state index contributed by atoms with van der Waals surface area (Å²) in [5.74, 6) is 0.636. The molecule has 1 aromatic carbocycles. The summed E-state index contributed by atoms with van der Waals surface area (Å²) in [7, 11) is 4.79. The number of ether oxygens (including phenoxy) is 3. The number of aldehydes is 1. The van der Waals surface area contributed by atoms with E-state index in [0.29, 0.717) is 12.1 Å². The summed E-state index contributed by atoms with van der Waals surface area (Å²) in [5.41, 5.74) is 0.597. The van der Waals surface area contributed by atoms with Crippen LogP contribution in [0.2, 0.25) is 0 Å². The van der Waals surface area contributed by atoms with Gasteiger partial charge in [-0.2, -0.15) is 0 Å². The van der Waals surface area contributed by atoms with Gasteiger partial charge in [-0.1, -0.05) is 0 Å². The van der Waals surface area contributed by atoms with Gasteiger partial charge in [-0.25, -0.2) is 0 Å². The molecule has 1 fully saturated rings. The van der Waals surface area contributed by atoms with Crippen molar-refractivity contribution >= 4 is 12.2 Å². The number of carbonyl (C=O) groups is 2. The lowest BCUT2D eigenvalue weighted by Gasteiger charge is -2.20. The van der Waals surface area contributed by atoms with Crippen LogP contribution in [0.5, 0.6) is 5.75 Å². The molecule has 1 heterocycles. The Morgan fingerprint density at radius 2 is 1.83 bits per heavy atom. The van der Waals surface area contributed by atoms with Crippen molar-refractivity contribution in [3.05, 3.63) is 29.8 Å². The van der Waals surface area contributed by atoms with E-state index in [2.05, 4.69) is 9.47 Å². The second kappa shape index (κ2) is 9.97. The van der Waals surface area contributed by atoms with Crippen molar-refractivity contribution in [2.75, 3.05) is 27.9 Å². The first kappa shape index (κ1) is 19.1. The summed E-state index contributed by atoms with van der Waals surface area (Å²) in [4.78, 5) is 24.6. The minimum atomic E-state index is -0.260. The zero-order chi connectivity index (χ0) is 17.2. The standard InChI is InChI=1S/C13H15NO3.C4H10O2/c1-17-12-6-4-10(5-7-12)13(16)14-8-2-3-11(14)9-15;1-4(5-2)6-3/h4-7,9,11H,2-3,8H2,1H3;4H,1-3H3/t11-;/m0./s1. The Balaban J connectivity index is 0.000000379. The van der Waals surface area contributed by atoms with Crippen molar-refractivity contribution in [1.82, 2.24) is 4.90 Å². The molecule has 0 saturated carbocycles. The summed E-state index contributed by atoms with van der Waals surface area (Å²) in [6, 6.07) is 6.69. The number of hydrogen-bond donors (Lipinski definition) is 0. The molecule has 0 radical (unpaired) electrons. The van der Waals surface area contributed by atoms with E-state index >= 15 is 0 Å². The van der Waals surface area contributed by atoms with E-state index in [4.69, 9.17) is 4.74 Å². The number of hydrogen-bond acceptors (Lipinski definition) is 5. The van der Waals surface area contributed by atoms with Crippen molar-refractivity contribution in [3.8, 4) is 5.75 Å². The highest BCUT2D eigenvalue weighted by Crippen LogP contribution is 2.20. The summed E-state index contributed by atoms with van der Waals surface area (Å²) in [6.07, 6.45) is 2.45. The zero-order valence-corrected chi connectivity index (χ0v) is 14.2. The molecule has 0 aromatic heterocycles. The maximum absolute atomic E-state index is 12.1. The van der Waals surface area contributed by atoms with Crippen LogP contribution in [0.25, 0.3) is 0 Å². The molecule has 6 heteroatoms. The smallest absolute Gasteiger partial charge is 0.254 e. The molecule has 1 aromatic rings. The maximum atomic E-state index is 12.1. The maximum Gasteiger partial charge on any atom is 0.254 e. The fourth-order valence-electron chi connectivity index (χ4n) is 2.18. The van der Waals surface area contributed by atoms with Crippen LogP contribution >= 0.6 is 0 Å². The molecule has 1 amide bonds. The molecular formula is C17H25NO5. The van der Waals surface area contributed by atoms with Crippen molar-refractivity contribution in [1.29, 1.82) is 0 Å². The minimum absolute atomic E-state index is 0.0648. The van der Waals surface area contributed by atoms with Gasteiger partial charge in [-0.15, -0.1) is 0 Å². The minimum Gasteiger partial charge on any atom is -0.497 e. The summed E-state index contributed by atoms with van der Waals surface area (Å²) in [6.45, 7) is 2.49. The zero-order valence-electron chi connectivity index (χ0n) is 14.2. The summed E-state index contributed by atoms with van der Waals surface area (Å²) < 4.78 is 14.4. The van der Waals surface area contributed by atoms with Crippen LogP contribution in [0, 0.1) is 0 Å². The average molecular weight is 323 g/mol. The van der Waals surface area contributed by atoms with Gasteiger partial charge in [0.15, 0.2) is 6.29 Å². The molecule has 1 aliphatic heterocycles. The van der Waals surface area contributed by atoms with Crippen molar-refractivity contribution < 1.29 is 23.8 Å². The van der Waals surface area contributed by atoms with Gasteiger partial charge in [0, 0.05) is 26.3 Å². The topological polar surface area (TPSA) is 65.1 Å². The molecule has 2 rings (SSSR count). The van der Waals surface area contributed by atoms with Gasteiger partial charge in [-0.3, -0.25) is 4.79 Å². The Kier molecular flexibility index (Phi) is 8.29. The van der Waals surface area contributed by atoms with Crippen LogP contribution in [0.15, 0.2) is 24.3 Å². The van der Waals surface area contributed by atoms with Crippen molar-refractivity contribution in [3.63, 3.8) is 0 Å². The highest BCUT2D eigenvalue weighted by atomic mass is 16.7. The van der Waals surface area contributed by atoms with Crippen LogP contribution < -0.4 is 4.74 Å². The van der Waals surface area contributed by atoms with Crippen LogP contribution in [0.1, 0.15) is 30.1 Å². The number of carbonyl (C=O) groups excluding carboxylic acids is 2. The normalized spacial score (nSPS) is 16.7. The molecule has 0 bridgehead atoms. The Morgan fingerprint density at radius 1 is 1.22 bits per heavy atom. The molecule has 6 nitrogen and oxygen atoms in total. The number of likely N-dealkylation sites (tertiary alicyclic amines) is 1. The Labute approximate surface area is 137 Å². The first-order valence-electron chi connectivity index (χ1n) is 7.53. The molecule has 0 spiro atoms. The second-order valence-electron chi connectivity index (χ2n) is 5.11. The van der Waals surface area contributed by atoms with Gasteiger partial charge < -0.3 is 23.9 Å². The van der Waals surface area contributed by atoms with E-state index < -0.39 is 0 Å². The van der Waals surface area contributed by atoms with Gasteiger partial charge in [0.2, 0.25) is 0 Å². The van der Waals surface area contributed by atoms with Crippen LogP contribution in [0.4, 0.5) is 0 Å². The Hall–Kier alpha value is -1.92. The van der Waals surface area contributed by atoms with Crippen LogP contribution in [-0.4, -0.2) is 57.3 Å². The van der Waals surface area contributed by atoms with Gasteiger partial charge in [0.05, 0.1) is 13.2 Å². The third-order valence-corrected chi connectivity index (χ3v) is 3.72. The molecule has 1 atom stereocenters. The number of benzene rings is 1. The average Bonchev–Trinajstić information content (AvgIpc) is 3.09. The second-order valence-corrected chi connectivity index (χ2v) is 5.11. The fourth-order valence-corrected chi connectivity index (χ4v) is 2.18. The first-order valence-corrected chi connectivity index (χ1v) is 7.53. The largest absolute Gasteiger partial charge is 0.497 e. The first-order chi connectivity index (χ1) is 11.1. The monoisotopic (exact) mass is 323 g/mol. The van der Waals surface area contributed by atoms with E-state index in [1.807, 2.05) is 6.92 Å². The van der Waals surface area contributed by atoms with Crippen LogP contribution in [-0.2, 0) is 14.3 Å². The third kappa shape index (κ3) is 5.65. The van der Waals surface area contributed by atoms with E-state index in [-0.39, 0.29) is 18.2 Å². The molecular weight excluding hydrogens is 298 g/mol.